The molecule has 2 aromatic rings. The predicted octanol–water partition coefficient (Wildman–Crippen LogP) is 0.766. The zero-order chi connectivity index (χ0) is 14.9. The van der Waals surface area contributed by atoms with Crippen molar-refractivity contribution in [2.45, 2.75) is 31.8 Å². The third-order valence-electron chi connectivity index (χ3n) is 3.35. The molecule has 20 heavy (non-hydrogen) atoms. The van der Waals surface area contributed by atoms with Crippen molar-refractivity contribution in [3.63, 3.8) is 0 Å². The Morgan fingerprint density at radius 1 is 1.35 bits per heavy atom. The molecule has 0 fully saturated rings. The van der Waals surface area contributed by atoms with Gasteiger partial charge in [0.1, 0.15) is 4.90 Å². The third-order valence-corrected chi connectivity index (χ3v) is 5.26. The highest BCUT2D eigenvalue weighted by Crippen LogP contribution is 2.19. The van der Waals surface area contributed by atoms with E-state index in [4.69, 9.17) is 0 Å². The molecule has 2 aromatic heterocycles. The first kappa shape index (κ1) is 14.7. The van der Waals surface area contributed by atoms with Gasteiger partial charge in [-0.25, -0.2) is 8.42 Å². The first-order valence-electron chi connectivity index (χ1n) is 6.33. The molecule has 0 aromatic carbocycles. The molecule has 8 heteroatoms. The van der Waals surface area contributed by atoms with Gasteiger partial charge in [0, 0.05) is 26.8 Å². The summed E-state index contributed by atoms with van der Waals surface area (Å²) in [6.45, 7) is 4.61. The van der Waals surface area contributed by atoms with Gasteiger partial charge in [0.05, 0.1) is 24.1 Å². The molecule has 110 valence electrons. The van der Waals surface area contributed by atoms with Crippen LogP contribution >= 0.6 is 0 Å². The number of hydrogen-bond acceptors (Lipinski definition) is 4. The number of rotatable bonds is 5. The smallest absolute Gasteiger partial charge is 0.246 e. The molecule has 0 aliphatic carbocycles. The SMILES string of the molecule is CCn1ncc(S(=O)(=O)N(C)Cc2ccnn2C)c1C. The van der Waals surface area contributed by atoms with Crippen molar-refractivity contribution in [1.82, 2.24) is 23.9 Å². The van der Waals surface area contributed by atoms with Crippen LogP contribution in [0.3, 0.4) is 0 Å². The van der Waals surface area contributed by atoms with E-state index in [1.54, 1.807) is 42.6 Å². The molecular formula is C12H19N5O2S. The van der Waals surface area contributed by atoms with Gasteiger partial charge in [0.2, 0.25) is 10.0 Å². The molecule has 0 aliphatic heterocycles. The quantitative estimate of drug-likeness (QED) is 0.817. The molecule has 7 nitrogen and oxygen atoms in total. The highest BCUT2D eigenvalue weighted by Gasteiger charge is 2.26. The molecule has 2 heterocycles. The lowest BCUT2D eigenvalue weighted by molar-refractivity contribution is 0.452. The summed E-state index contributed by atoms with van der Waals surface area (Å²) in [6, 6.07) is 1.80. The molecular weight excluding hydrogens is 278 g/mol. The molecule has 0 unspecified atom stereocenters. The van der Waals surface area contributed by atoms with Crippen molar-refractivity contribution in [2.75, 3.05) is 7.05 Å². The highest BCUT2D eigenvalue weighted by molar-refractivity contribution is 7.89. The van der Waals surface area contributed by atoms with Crippen molar-refractivity contribution >= 4 is 10.0 Å². The zero-order valence-electron chi connectivity index (χ0n) is 12.1. The minimum atomic E-state index is -3.54. The molecule has 0 aliphatic rings. The van der Waals surface area contributed by atoms with Crippen LogP contribution in [0, 0.1) is 6.92 Å². The highest BCUT2D eigenvalue weighted by atomic mass is 32.2. The van der Waals surface area contributed by atoms with E-state index in [1.807, 2.05) is 6.92 Å². The van der Waals surface area contributed by atoms with Crippen LogP contribution in [0.15, 0.2) is 23.4 Å². The van der Waals surface area contributed by atoms with E-state index in [1.165, 1.54) is 10.5 Å². The summed E-state index contributed by atoms with van der Waals surface area (Å²) >= 11 is 0. The van der Waals surface area contributed by atoms with Crippen LogP contribution in [0.4, 0.5) is 0 Å². The fourth-order valence-corrected chi connectivity index (χ4v) is 3.34. The molecule has 0 atom stereocenters. The Morgan fingerprint density at radius 2 is 2.05 bits per heavy atom. The van der Waals surface area contributed by atoms with E-state index in [-0.39, 0.29) is 11.4 Å². The standard InChI is InChI=1S/C12H19N5O2S/c1-5-17-10(2)12(8-14-17)20(18,19)15(3)9-11-6-7-13-16(11)4/h6-8H,5,9H2,1-4H3. The Bertz CT molecular complexity index is 701. The number of aryl methyl sites for hydroxylation is 2. The molecule has 2 rings (SSSR count). The van der Waals surface area contributed by atoms with Crippen molar-refractivity contribution < 1.29 is 8.42 Å². The number of nitrogens with zero attached hydrogens (tertiary/aromatic N) is 5. The second kappa shape index (κ2) is 5.37. The van der Waals surface area contributed by atoms with E-state index >= 15 is 0 Å². The maximum Gasteiger partial charge on any atom is 0.246 e. The number of hydrogen-bond donors (Lipinski definition) is 0. The molecule has 0 N–H and O–H groups in total. The van der Waals surface area contributed by atoms with Gasteiger partial charge in [0.15, 0.2) is 0 Å². The van der Waals surface area contributed by atoms with Crippen LogP contribution in [0.5, 0.6) is 0 Å². The predicted molar refractivity (Wildman–Crippen MR) is 74.5 cm³/mol. The molecule has 0 saturated heterocycles. The van der Waals surface area contributed by atoms with Crippen molar-refractivity contribution in [2.24, 2.45) is 7.05 Å². The van der Waals surface area contributed by atoms with Crippen LogP contribution < -0.4 is 0 Å². The molecule has 0 spiro atoms. The van der Waals surface area contributed by atoms with Crippen LogP contribution in [0.1, 0.15) is 18.3 Å². The summed E-state index contributed by atoms with van der Waals surface area (Å²) in [5.41, 5.74) is 1.49. The van der Waals surface area contributed by atoms with Crippen LogP contribution in [0.25, 0.3) is 0 Å². The largest absolute Gasteiger partial charge is 0.271 e. The summed E-state index contributed by atoms with van der Waals surface area (Å²) in [5.74, 6) is 0. The normalized spacial score (nSPS) is 12.2. The maximum absolute atomic E-state index is 12.6. The second-order valence-electron chi connectivity index (χ2n) is 4.62. The minimum Gasteiger partial charge on any atom is -0.271 e. The van der Waals surface area contributed by atoms with Gasteiger partial charge in [-0.15, -0.1) is 0 Å². The van der Waals surface area contributed by atoms with Gasteiger partial charge < -0.3 is 0 Å². The lowest BCUT2D eigenvalue weighted by atomic mass is 10.4. The van der Waals surface area contributed by atoms with Gasteiger partial charge in [-0.05, 0) is 19.9 Å². The Morgan fingerprint density at radius 3 is 2.55 bits per heavy atom. The monoisotopic (exact) mass is 297 g/mol. The van der Waals surface area contributed by atoms with Gasteiger partial charge >= 0.3 is 0 Å². The minimum absolute atomic E-state index is 0.254. The third kappa shape index (κ3) is 2.48. The molecule has 0 saturated carbocycles. The van der Waals surface area contributed by atoms with Gasteiger partial charge in [-0.3, -0.25) is 9.36 Å². The Hall–Kier alpha value is -1.67. The lowest BCUT2D eigenvalue weighted by Gasteiger charge is -2.16. The fourth-order valence-electron chi connectivity index (χ4n) is 2.04. The molecule has 0 amide bonds. The van der Waals surface area contributed by atoms with E-state index in [2.05, 4.69) is 10.2 Å². The summed E-state index contributed by atoms with van der Waals surface area (Å²) in [7, 11) is -0.194. The van der Waals surface area contributed by atoms with Crippen LogP contribution in [-0.2, 0) is 30.2 Å². The van der Waals surface area contributed by atoms with E-state index in [0.717, 1.165) is 5.69 Å². The van der Waals surface area contributed by atoms with E-state index in [0.29, 0.717) is 12.2 Å². The second-order valence-corrected chi connectivity index (χ2v) is 6.63. The van der Waals surface area contributed by atoms with Crippen molar-refractivity contribution in [3.05, 3.63) is 29.8 Å². The van der Waals surface area contributed by atoms with Gasteiger partial charge in [0.25, 0.3) is 0 Å². The average Bonchev–Trinajstić information content (AvgIpc) is 2.96. The average molecular weight is 297 g/mol. The van der Waals surface area contributed by atoms with E-state index in [9.17, 15) is 8.42 Å². The lowest BCUT2D eigenvalue weighted by Crippen LogP contribution is -2.27. The number of aromatic nitrogens is 4. The molecule has 0 radical (unpaired) electrons. The Kier molecular flexibility index (Phi) is 3.96. The Balaban J connectivity index is 2.30. The Labute approximate surface area is 118 Å². The zero-order valence-corrected chi connectivity index (χ0v) is 12.9. The summed E-state index contributed by atoms with van der Waals surface area (Å²) in [5, 5.41) is 8.13. The topological polar surface area (TPSA) is 73.0 Å². The first-order valence-corrected chi connectivity index (χ1v) is 7.77. The maximum atomic E-state index is 12.6. The summed E-state index contributed by atoms with van der Waals surface area (Å²) in [4.78, 5) is 0.254. The van der Waals surface area contributed by atoms with Gasteiger partial charge in [-0.2, -0.15) is 14.5 Å². The fraction of sp³-hybridized carbons (Fsp3) is 0.500. The summed E-state index contributed by atoms with van der Waals surface area (Å²) in [6.07, 6.45) is 3.06. The van der Waals surface area contributed by atoms with E-state index < -0.39 is 10.0 Å². The summed E-state index contributed by atoms with van der Waals surface area (Å²) < 4.78 is 29.8. The molecule has 0 bridgehead atoms. The van der Waals surface area contributed by atoms with Gasteiger partial charge in [-0.1, -0.05) is 0 Å². The number of sulfonamides is 1. The van der Waals surface area contributed by atoms with Crippen molar-refractivity contribution in [1.29, 1.82) is 0 Å². The van der Waals surface area contributed by atoms with Crippen LogP contribution in [0.2, 0.25) is 0 Å². The first-order chi connectivity index (χ1) is 9.37. The van der Waals surface area contributed by atoms with Crippen LogP contribution in [-0.4, -0.2) is 39.3 Å². The van der Waals surface area contributed by atoms with Crippen molar-refractivity contribution in [3.8, 4) is 0 Å².